The fraction of sp³-hybridized carbons (Fsp3) is 0.562. The van der Waals surface area contributed by atoms with Crippen LogP contribution in [0.2, 0.25) is 0 Å². The Morgan fingerprint density at radius 2 is 2.00 bits per heavy atom. The molecule has 0 radical (unpaired) electrons. The Hall–Kier alpha value is -1.49. The molecular weight excluding hydrogens is 284 g/mol. The van der Waals surface area contributed by atoms with E-state index in [2.05, 4.69) is 11.9 Å². The fourth-order valence-electron chi connectivity index (χ4n) is 2.54. The molecule has 0 amide bonds. The van der Waals surface area contributed by atoms with E-state index in [1.807, 2.05) is 6.92 Å². The van der Waals surface area contributed by atoms with Gasteiger partial charge in [0.2, 0.25) is 0 Å². The molecule has 0 saturated carbocycles. The van der Waals surface area contributed by atoms with Crippen LogP contribution in [0, 0.1) is 6.92 Å². The molecule has 0 bridgehead atoms. The van der Waals surface area contributed by atoms with Crippen LogP contribution in [0.15, 0.2) is 11.1 Å². The number of hydrogen-bond donors (Lipinski definition) is 0. The van der Waals surface area contributed by atoms with Crippen LogP contribution in [-0.2, 0) is 6.54 Å². The SMILES string of the molecule is CCCCCCCn1cnc2sc(C(C)=O)c(C)c2c1=O. The van der Waals surface area contributed by atoms with Gasteiger partial charge in [-0.15, -0.1) is 11.3 Å². The average Bonchev–Trinajstić information content (AvgIpc) is 2.79. The Labute approximate surface area is 128 Å². The van der Waals surface area contributed by atoms with Crippen molar-refractivity contribution < 1.29 is 4.79 Å². The van der Waals surface area contributed by atoms with Crippen molar-refractivity contribution in [3.8, 4) is 0 Å². The summed E-state index contributed by atoms with van der Waals surface area (Å²) in [5.74, 6) is 0.000940. The molecule has 0 aliphatic rings. The Morgan fingerprint density at radius 3 is 2.67 bits per heavy atom. The second-order valence-electron chi connectivity index (χ2n) is 5.45. The number of rotatable bonds is 7. The number of Topliss-reactive ketones (excluding diaryl/α,β-unsaturated/α-hetero) is 1. The third kappa shape index (κ3) is 3.40. The van der Waals surface area contributed by atoms with Gasteiger partial charge >= 0.3 is 0 Å². The van der Waals surface area contributed by atoms with Crippen molar-refractivity contribution in [3.05, 3.63) is 27.1 Å². The van der Waals surface area contributed by atoms with E-state index in [9.17, 15) is 9.59 Å². The maximum atomic E-state index is 12.5. The van der Waals surface area contributed by atoms with Gasteiger partial charge in [-0.1, -0.05) is 32.6 Å². The normalized spacial score (nSPS) is 11.2. The number of nitrogens with zero attached hydrogens (tertiary/aromatic N) is 2. The van der Waals surface area contributed by atoms with Crippen LogP contribution in [0.4, 0.5) is 0 Å². The van der Waals surface area contributed by atoms with Crippen LogP contribution in [0.25, 0.3) is 10.2 Å². The van der Waals surface area contributed by atoms with Crippen molar-refractivity contribution in [1.29, 1.82) is 0 Å². The van der Waals surface area contributed by atoms with Gasteiger partial charge < -0.3 is 0 Å². The summed E-state index contributed by atoms with van der Waals surface area (Å²) in [5.41, 5.74) is 0.761. The van der Waals surface area contributed by atoms with E-state index in [1.165, 1.54) is 37.5 Å². The number of carbonyl (C=O) groups excluding carboxylic acids is 1. The summed E-state index contributed by atoms with van der Waals surface area (Å²) in [4.78, 5) is 29.8. The minimum atomic E-state index is -0.0169. The smallest absolute Gasteiger partial charge is 0.262 e. The van der Waals surface area contributed by atoms with Crippen molar-refractivity contribution in [3.63, 3.8) is 0 Å². The van der Waals surface area contributed by atoms with Crippen LogP contribution in [-0.4, -0.2) is 15.3 Å². The first kappa shape index (κ1) is 15.9. The molecule has 0 aromatic carbocycles. The maximum absolute atomic E-state index is 12.5. The molecule has 0 fully saturated rings. The number of unbranched alkanes of at least 4 members (excludes halogenated alkanes) is 4. The van der Waals surface area contributed by atoms with Crippen LogP contribution in [0.5, 0.6) is 0 Å². The first-order valence-electron chi connectivity index (χ1n) is 7.55. The number of carbonyl (C=O) groups is 1. The molecule has 5 heteroatoms. The highest BCUT2D eigenvalue weighted by Crippen LogP contribution is 2.26. The van der Waals surface area contributed by atoms with Gasteiger partial charge in [0.25, 0.3) is 5.56 Å². The molecule has 0 aliphatic heterocycles. The lowest BCUT2D eigenvalue weighted by molar-refractivity contribution is 0.102. The monoisotopic (exact) mass is 306 g/mol. The zero-order valence-electron chi connectivity index (χ0n) is 12.9. The van der Waals surface area contributed by atoms with Gasteiger partial charge in [-0.3, -0.25) is 14.2 Å². The molecule has 2 rings (SSSR count). The average molecular weight is 306 g/mol. The number of ketones is 1. The molecule has 0 atom stereocenters. The first-order chi connectivity index (χ1) is 10.1. The van der Waals surface area contributed by atoms with Crippen molar-refractivity contribution in [2.24, 2.45) is 0 Å². The highest BCUT2D eigenvalue weighted by molar-refractivity contribution is 7.20. The number of aromatic nitrogens is 2. The van der Waals surface area contributed by atoms with Gasteiger partial charge in [-0.2, -0.15) is 0 Å². The van der Waals surface area contributed by atoms with Crippen molar-refractivity contribution in [2.75, 3.05) is 0 Å². The Morgan fingerprint density at radius 1 is 1.29 bits per heavy atom. The van der Waals surface area contributed by atoms with Crippen molar-refractivity contribution in [2.45, 2.75) is 59.4 Å². The molecule has 0 N–H and O–H groups in total. The van der Waals surface area contributed by atoms with E-state index < -0.39 is 0 Å². The zero-order valence-corrected chi connectivity index (χ0v) is 13.8. The largest absolute Gasteiger partial charge is 0.299 e. The summed E-state index contributed by atoms with van der Waals surface area (Å²) in [6, 6.07) is 0. The van der Waals surface area contributed by atoms with Crippen molar-refractivity contribution >= 4 is 27.3 Å². The molecule has 0 unspecified atom stereocenters. The lowest BCUT2D eigenvalue weighted by Crippen LogP contribution is -2.20. The minimum Gasteiger partial charge on any atom is -0.299 e. The Kier molecular flexibility index (Phi) is 5.28. The predicted octanol–water partition coefficient (Wildman–Crippen LogP) is 3.94. The van der Waals surface area contributed by atoms with E-state index in [4.69, 9.17) is 0 Å². The van der Waals surface area contributed by atoms with E-state index in [1.54, 1.807) is 10.9 Å². The summed E-state index contributed by atoms with van der Waals surface area (Å²) in [6.07, 6.45) is 7.43. The van der Waals surface area contributed by atoms with Gasteiger partial charge in [0.1, 0.15) is 4.83 Å². The van der Waals surface area contributed by atoms with Crippen LogP contribution >= 0.6 is 11.3 Å². The van der Waals surface area contributed by atoms with Gasteiger partial charge in [-0.25, -0.2) is 4.98 Å². The topological polar surface area (TPSA) is 52.0 Å². The van der Waals surface area contributed by atoms with Gasteiger partial charge in [0.05, 0.1) is 16.6 Å². The highest BCUT2D eigenvalue weighted by atomic mass is 32.1. The van der Waals surface area contributed by atoms with Gasteiger partial charge in [0.15, 0.2) is 5.78 Å². The second-order valence-corrected chi connectivity index (χ2v) is 6.45. The van der Waals surface area contributed by atoms with Crippen LogP contribution in [0.1, 0.15) is 61.2 Å². The summed E-state index contributed by atoms with van der Waals surface area (Å²) in [6.45, 7) is 6.26. The molecule has 0 spiro atoms. The van der Waals surface area contributed by atoms with Gasteiger partial charge in [-0.05, 0) is 25.8 Å². The second kappa shape index (κ2) is 6.98. The zero-order chi connectivity index (χ0) is 15.4. The maximum Gasteiger partial charge on any atom is 0.262 e. The summed E-state index contributed by atoms with van der Waals surface area (Å²) >= 11 is 1.32. The number of hydrogen-bond acceptors (Lipinski definition) is 4. The van der Waals surface area contributed by atoms with E-state index in [-0.39, 0.29) is 11.3 Å². The standard InChI is InChI=1S/C16H22N2O2S/c1-4-5-6-7-8-9-18-10-17-15-13(16(18)20)11(2)14(21-15)12(3)19/h10H,4-9H2,1-3H3. The molecular formula is C16H22N2O2S. The Bertz CT molecular complexity index is 700. The van der Waals surface area contributed by atoms with E-state index >= 15 is 0 Å². The summed E-state index contributed by atoms with van der Waals surface area (Å²) in [5, 5.41) is 0.612. The molecule has 114 valence electrons. The quantitative estimate of drug-likeness (QED) is 0.575. The summed E-state index contributed by atoms with van der Waals surface area (Å²) in [7, 11) is 0. The molecule has 2 aromatic rings. The van der Waals surface area contributed by atoms with Crippen LogP contribution < -0.4 is 5.56 Å². The lowest BCUT2D eigenvalue weighted by Gasteiger charge is -2.05. The minimum absolute atomic E-state index is 0.000940. The first-order valence-corrected chi connectivity index (χ1v) is 8.37. The molecule has 0 aliphatic carbocycles. The molecule has 0 saturated heterocycles. The third-order valence-corrected chi connectivity index (χ3v) is 5.04. The molecule has 2 aromatic heterocycles. The Balaban J connectivity index is 2.23. The van der Waals surface area contributed by atoms with Crippen molar-refractivity contribution in [1.82, 2.24) is 9.55 Å². The van der Waals surface area contributed by atoms with Crippen LogP contribution in [0.3, 0.4) is 0 Å². The molecule has 21 heavy (non-hydrogen) atoms. The number of thiophene rings is 1. The fourth-order valence-corrected chi connectivity index (χ4v) is 3.57. The van der Waals surface area contributed by atoms with Gasteiger partial charge in [0, 0.05) is 6.54 Å². The third-order valence-electron chi connectivity index (χ3n) is 3.74. The van der Waals surface area contributed by atoms with E-state index in [0.717, 1.165) is 18.4 Å². The number of fused-ring (bicyclic) bond motifs is 1. The lowest BCUT2D eigenvalue weighted by atomic mass is 10.1. The predicted molar refractivity (Wildman–Crippen MR) is 87.4 cm³/mol. The van der Waals surface area contributed by atoms with E-state index in [0.29, 0.717) is 21.6 Å². The highest BCUT2D eigenvalue weighted by Gasteiger charge is 2.16. The summed E-state index contributed by atoms with van der Waals surface area (Å²) < 4.78 is 1.68. The molecule has 4 nitrogen and oxygen atoms in total. The molecule has 2 heterocycles. The number of aryl methyl sites for hydroxylation is 2.